The van der Waals surface area contributed by atoms with Gasteiger partial charge in [0.2, 0.25) is 0 Å². The zero-order valence-electron chi connectivity index (χ0n) is 17.9. The van der Waals surface area contributed by atoms with E-state index in [9.17, 15) is 0 Å². The Morgan fingerprint density at radius 1 is 0.655 bits per heavy atom. The molecular weight excluding hydrogens is 367 g/mol. The largest absolute Gasteiger partial charge is 0.139 e. The summed E-state index contributed by atoms with van der Waals surface area (Å²) in [5, 5.41) is 6.06. The molecule has 1 aliphatic carbocycles. The predicted molar refractivity (Wildman–Crippen MR) is 130 cm³/mol. The quantitative estimate of drug-likeness (QED) is 0.428. The molecule has 3 aromatic rings. The highest BCUT2D eigenvalue weighted by Gasteiger charge is 2.50. The van der Waals surface area contributed by atoms with E-state index in [1.165, 1.54) is 35.2 Å². The van der Waals surface area contributed by atoms with E-state index in [4.69, 9.17) is 0 Å². The number of rotatable bonds is 4. The molecule has 3 aromatic carbocycles. The highest BCUT2D eigenvalue weighted by Crippen LogP contribution is 2.65. The summed E-state index contributed by atoms with van der Waals surface area (Å²) >= 11 is 0. The van der Waals surface area contributed by atoms with Crippen LogP contribution in [0.5, 0.6) is 0 Å². The number of benzene rings is 3. The lowest BCUT2D eigenvalue weighted by atomic mass is 9.74. The van der Waals surface area contributed by atoms with Gasteiger partial charge in [-0.2, -0.15) is 0 Å². The van der Waals surface area contributed by atoms with Crippen LogP contribution in [0.15, 0.2) is 102 Å². The van der Waals surface area contributed by atoms with Crippen LogP contribution in [-0.2, 0) is 0 Å². The molecule has 0 radical (unpaired) electrons. The molecule has 1 aliphatic rings. The zero-order valence-corrected chi connectivity index (χ0v) is 18.8. The molecule has 0 saturated heterocycles. The predicted octanol–water partition coefficient (Wildman–Crippen LogP) is 6.71. The van der Waals surface area contributed by atoms with Gasteiger partial charge in [-0.05, 0) is 66.6 Å². The van der Waals surface area contributed by atoms with E-state index < -0.39 is 7.26 Å². The van der Waals surface area contributed by atoms with Crippen molar-refractivity contribution in [3.63, 3.8) is 0 Å². The maximum atomic E-state index is 2.61. The Morgan fingerprint density at radius 3 is 1.38 bits per heavy atom. The Labute approximate surface area is 177 Å². The van der Waals surface area contributed by atoms with E-state index in [-0.39, 0.29) is 0 Å². The van der Waals surface area contributed by atoms with Crippen molar-refractivity contribution in [2.24, 2.45) is 11.3 Å². The van der Waals surface area contributed by atoms with Crippen molar-refractivity contribution in [1.82, 2.24) is 0 Å². The van der Waals surface area contributed by atoms with Crippen LogP contribution in [0, 0.1) is 11.3 Å². The Bertz CT molecular complexity index is 853. The minimum Gasteiger partial charge on any atom is -0.0620 e. The summed E-state index contributed by atoms with van der Waals surface area (Å²) in [5.41, 5.74) is 0.370. The maximum Gasteiger partial charge on any atom is 0.139 e. The maximum absolute atomic E-state index is 2.61. The first-order valence-electron chi connectivity index (χ1n) is 10.8. The first-order valence-corrected chi connectivity index (χ1v) is 12.6. The molecule has 0 heterocycles. The molecule has 0 fully saturated rings. The van der Waals surface area contributed by atoms with Crippen molar-refractivity contribution in [2.75, 3.05) is 0 Å². The first-order chi connectivity index (χ1) is 14.0. The first kappa shape index (κ1) is 20.1. The van der Waals surface area contributed by atoms with E-state index in [1.54, 1.807) is 5.31 Å². The average Bonchev–Trinajstić information content (AvgIpc) is 2.76. The summed E-state index contributed by atoms with van der Waals surface area (Å²) in [4.78, 5) is 0. The summed E-state index contributed by atoms with van der Waals surface area (Å²) < 4.78 is 0. The monoisotopic (exact) mass is 399 g/mol. The molecule has 4 rings (SSSR count). The summed E-state index contributed by atoms with van der Waals surface area (Å²) in [5.74, 6) is 0.760. The molecule has 0 aromatic heterocycles. The summed E-state index contributed by atoms with van der Waals surface area (Å²) in [6.07, 6.45) is 6.27. The van der Waals surface area contributed by atoms with Crippen LogP contribution in [0.4, 0.5) is 0 Å². The van der Waals surface area contributed by atoms with Crippen molar-refractivity contribution >= 4 is 23.2 Å². The topological polar surface area (TPSA) is 0 Å². The van der Waals surface area contributed by atoms with Crippen LogP contribution in [0.25, 0.3) is 0 Å². The fourth-order valence-electron chi connectivity index (χ4n) is 4.81. The molecular formula is C28H32P+. The molecule has 0 aliphatic heterocycles. The highest BCUT2D eigenvalue weighted by atomic mass is 31.2. The fraction of sp³-hybridized carbons (Fsp3) is 0.286. The van der Waals surface area contributed by atoms with Gasteiger partial charge in [0.05, 0.1) is 5.31 Å². The van der Waals surface area contributed by atoms with Crippen LogP contribution in [0.2, 0.25) is 0 Å². The van der Waals surface area contributed by atoms with Gasteiger partial charge in [-0.15, -0.1) is 0 Å². The SMILES string of the molecule is CC(C)(C)C1CC=C([P+](c2ccccc2)(c2ccccc2)c2ccccc2)CC1. The Kier molecular flexibility index (Phi) is 5.75. The third kappa shape index (κ3) is 3.84. The molecule has 29 heavy (non-hydrogen) atoms. The lowest BCUT2D eigenvalue weighted by molar-refractivity contribution is 0.222. The molecule has 1 atom stereocenters. The van der Waals surface area contributed by atoms with Crippen molar-refractivity contribution in [2.45, 2.75) is 40.0 Å². The molecule has 0 spiro atoms. The molecule has 0 saturated carbocycles. The van der Waals surface area contributed by atoms with Crippen LogP contribution in [-0.4, -0.2) is 0 Å². The Morgan fingerprint density at radius 2 is 1.07 bits per heavy atom. The van der Waals surface area contributed by atoms with Gasteiger partial charge in [-0.3, -0.25) is 0 Å². The van der Waals surface area contributed by atoms with Gasteiger partial charge in [-0.25, -0.2) is 0 Å². The normalized spacial score (nSPS) is 17.6. The van der Waals surface area contributed by atoms with Gasteiger partial charge in [0.15, 0.2) is 0 Å². The van der Waals surface area contributed by atoms with Gasteiger partial charge in [0, 0.05) is 6.42 Å². The summed E-state index contributed by atoms with van der Waals surface area (Å²) in [6.45, 7) is 7.18. The summed E-state index contributed by atoms with van der Waals surface area (Å²) in [7, 11) is -1.85. The van der Waals surface area contributed by atoms with E-state index in [1.807, 2.05) is 0 Å². The molecule has 0 nitrogen and oxygen atoms in total. The molecule has 1 unspecified atom stereocenters. The minimum absolute atomic E-state index is 0.370. The number of hydrogen-bond acceptors (Lipinski definition) is 0. The van der Waals surface area contributed by atoms with Gasteiger partial charge in [0.25, 0.3) is 0 Å². The zero-order chi connectivity index (χ0) is 20.3. The average molecular weight is 400 g/mol. The molecule has 0 N–H and O–H groups in total. The van der Waals surface area contributed by atoms with Crippen molar-refractivity contribution in [3.05, 3.63) is 102 Å². The van der Waals surface area contributed by atoms with E-state index in [0.29, 0.717) is 5.41 Å². The van der Waals surface area contributed by atoms with Gasteiger partial charge >= 0.3 is 0 Å². The van der Waals surface area contributed by atoms with Crippen LogP contribution < -0.4 is 15.9 Å². The second-order valence-corrected chi connectivity index (χ2v) is 12.7. The molecule has 148 valence electrons. The Hall–Kier alpha value is -2.17. The smallest absolute Gasteiger partial charge is 0.0620 e. The minimum atomic E-state index is -1.85. The second kappa shape index (κ2) is 8.29. The lowest BCUT2D eigenvalue weighted by Gasteiger charge is -2.36. The van der Waals surface area contributed by atoms with Gasteiger partial charge < -0.3 is 0 Å². The van der Waals surface area contributed by atoms with Gasteiger partial charge in [0.1, 0.15) is 23.2 Å². The summed E-state index contributed by atoms with van der Waals surface area (Å²) in [6, 6.07) is 33.8. The Balaban J connectivity index is 1.96. The van der Waals surface area contributed by atoms with Crippen LogP contribution in [0.1, 0.15) is 40.0 Å². The standard InChI is InChI=1S/C28H32P/c1-28(2,3)23-19-21-27(22-20-23)29(24-13-7-4-8-14-24,25-15-9-5-10-16-25)26-17-11-6-12-18-26/h4-18,21,23H,19-20,22H2,1-3H3/q+1. The van der Waals surface area contributed by atoms with Crippen molar-refractivity contribution < 1.29 is 0 Å². The highest BCUT2D eigenvalue weighted by molar-refractivity contribution is 7.99. The third-order valence-electron chi connectivity index (χ3n) is 6.47. The van der Waals surface area contributed by atoms with Crippen LogP contribution >= 0.6 is 7.26 Å². The number of hydrogen-bond donors (Lipinski definition) is 0. The van der Waals surface area contributed by atoms with E-state index in [2.05, 4.69) is 118 Å². The van der Waals surface area contributed by atoms with Crippen LogP contribution in [0.3, 0.4) is 0 Å². The van der Waals surface area contributed by atoms with Gasteiger partial charge in [-0.1, -0.05) is 75.4 Å². The fourth-order valence-corrected chi connectivity index (χ4v) is 9.40. The third-order valence-corrected chi connectivity index (χ3v) is 11.0. The lowest BCUT2D eigenvalue weighted by Crippen LogP contribution is -2.34. The second-order valence-electron chi connectivity index (χ2n) is 9.21. The molecule has 0 amide bonds. The van der Waals surface area contributed by atoms with E-state index in [0.717, 1.165) is 5.92 Å². The van der Waals surface area contributed by atoms with Crippen molar-refractivity contribution in [3.8, 4) is 0 Å². The molecule has 0 bridgehead atoms. The van der Waals surface area contributed by atoms with E-state index >= 15 is 0 Å². The molecule has 1 heteroatoms. The van der Waals surface area contributed by atoms with Crippen molar-refractivity contribution in [1.29, 1.82) is 0 Å². The number of allylic oxidation sites excluding steroid dienone is 2.